The predicted molar refractivity (Wildman–Crippen MR) is 61.1 cm³/mol. The monoisotopic (exact) mass is 226 g/mol. The molecule has 92 valence electrons. The van der Waals surface area contributed by atoms with E-state index in [2.05, 4.69) is 6.92 Å². The van der Waals surface area contributed by atoms with Gasteiger partial charge in [-0.25, -0.2) is 4.79 Å². The zero-order valence-corrected chi connectivity index (χ0v) is 10.1. The molecule has 3 nitrogen and oxygen atoms in total. The van der Waals surface area contributed by atoms with Crippen molar-refractivity contribution in [2.75, 3.05) is 6.61 Å². The van der Waals surface area contributed by atoms with Crippen molar-refractivity contribution in [3.63, 3.8) is 0 Å². The van der Waals surface area contributed by atoms with Gasteiger partial charge < -0.3 is 9.47 Å². The molecule has 0 amide bonds. The average molecular weight is 226 g/mol. The van der Waals surface area contributed by atoms with Crippen LogP contribution >= 0.6 is 0 Å². The number of ether oxygens (including phenoxy) is 2. The third-order valence-corrected chi connectivity index (χ3v) is 3.61. The highest BCUT2D eigenvalue weighted by Gasteiger charge is 2.50. The Kier molecular flexibility index (Phi) is 4.22. The van der Waals surface area contributed by atoms with E-state index < -0.39 is 0 Å². The molecule has 2 aliphatic rings. The van der Waals surface area contributed by atoms with Gasteiger partial charge in [-0.3, -0.25) is 0 Å². The standard InChI is InChI=1S/C13H22O3/c1-2-3-9-15-13(14)12-11(16-12)10-7-5-4-6-8-10/h10-12H,2-9H2,1H3. The molecule has 3 heteroatoms. The van der Waals surface area contributed by atoms with E-state index in [0.29, 0.717) is 12.5 Å². The molecule has 0 N–H and O–H groups in total. The highest BCUT2D eigenvalue weighted by molar-refractivity contribution is 5.78. The molecule has 0 aromatic carbocycles. The summed E-state index contributed by atoms with van der Waals surface area (Å²) < 4.78 is 10.6. The quantitative estimate of drug-likeness (QED) is 0.411. The maximum absolute atomic E-state index is 11.6. The summed E-state index contributed by atoms with van der Waals surface area (Å²) in [5.74, 6) is 0.474. The second-order valence-electron chi connectivity index (χ2n) is 4.94. The summed E-state index contributed by atoms with van der Waals surface area (Å²) in [7, 11) is 0. The van der Waals surface area contributed by atoms with E-state index in [0.717, 1.165) is 12.8 Å². The molecule has 1 aliphatic heterocycles. The van der Waals surface area contributed by atoms with Crippen LogP contribution < -0.4 is 0 Å². The van der Waals surface area contributed by atoms with E-state index in [-0.39, 0.29) is 18.2 Å². The summed E-state index contributed by atoms with van der Waals surface area (Å²) >= 11 is 0. The molecule has 2 unspecified atom stereocenters. The fourth-order valence-electron chi connectivity index (χ4n) is 2.53. The van der Waals surface area contributed by atoms with E-state index in [9.17, 15) is 4.79 Å². The molecular weight excluding hydrogens is 204 g/mol. The minimum atomic E-state index is -0.236. The first-order valence-electron chi connectivity index (χ1n) is 6.65. The molecule has 1 heterocycles. The summed E-state index contributed by atoms with van der Waals surface area (Å²) in [5.41, 5.74) is 0. The van der Waals surface area contributed by atoms with Gasteiger partial charge in [0.1, 0.15) is 0 Å². The van der Waals surface area contributed by atoms with Crippen LogP contribution in [0.1, 0.15) is 51.9 Å². The van der Waals surface area contributed by atoms with E-state index in [1.165, 1.54) is 32.1 Å². The van der Waals surface area contributed by atoms with Gasteiger partial charge in [-0.1, -0.05) is 32.6 Å². The maximum atomic E-state index is 11.6. The molecule has 16 heavy (non-hydrogen) atoms. The van der Waals surface area contributed by atoms with E-state index >= 15 is 0 Å². The lowest BCUT2D eigenvalue weighted by atomic mass is 9.86. The number of hydrogen-bond donors (Lipinski definition) is 0. The molecule has 0 bridgehead atoms. The van der Waals surface area contributed by atoms with Gasteiger partial charge in [-0.15, -0.1) is 0 Å². The first-order chi connectivity index (χ1) is 7.83. The summed E-state index contributed by atoms with van der Waals surface area (Å²) in [6.07, 6.45) is 8.33. The molecule has 0 aromatic rings. The molecule has 2 fully saturated rings. The lowest BCUT2D eigenvalue weighted by Crippen LogP contribution is -2.20. The van der Waals surface area contributed by atoms with Gasteiger partial charge in [-0.05, 0) is 25.2 Å². The van der Waals surface area contributed by atoms with Gasteiger partial charge in [0.25, 0.3) is 0 Å². The molecule has 0 aromatic heterocycles. The molecule has 1 saturated heterocycles. The Morgan fingerprint density at radius 3 is 2.75 bits per heavy atom. The maximum Gasteiger partial charge on any atom is 0.338 e. The van der Waals surface area contributed by atoms with Crippen LogP contribution in [0.25, 0.3) is 0 Å². The number of carbonyl (C=O) groups is 1. The summed E-state index contributed by atoms with van der Waals surface area (Å²) in [5, 5.41) is 0. The molecule has 0 radical (unpaired) electrons. The number of hydrogen-bond acceptors (Lipinski definition) is 3. The Morgan fingerprint density at radius 2 is 2.06 bits per heavy atom. The number of unbranched alkanes of at least 4 members (excludes halogenated alkanes) is 1. The van der Waals surface area contributed by atoms with Gasteiger partial charge in [0.2, 0.25) is 0 Å². The van der Waals surface area contributed by atoms with Crippen LogP contribution in [0, 0.1) is 5.92 Å². The van der Waals surface area contributed by atoms with Crippen LogP contribution in [-0.2, 0) is 14.3 Å². The van der Waals surface area contributed by atoms with E-state index in [1.807, 2.05) is 0 Å². The van der Waals surface area contributed by atoms with Crippen molar-refractivity contribution in [3.8, 4) is 0 Å². The predicted octanol–water partition coefficient (Wildman–Crippen LogP) is 2.68. The zero-order chi connectivity index (χ0) is 11.4. The van der Waals surface area contributed by atoms with Gasteiger partial charge >= 0.3 is 5.97 Å². The van der Waals surface area contributed by atoms with Crippen LogP contribution in [0.5, 0.6) is 0 Å². The van der Waals surface area contributed by atoms with Crippen LogP contribution in [0.15, 0.2) is 0 Å². The van der Waals surface area contributed by atoms with Crippen molar-refractivity contribution >= 4 is 5.97 Å². The number of rotatable bonds is 5. The minimum Gasteiger partial charge on any atom is -0.464 e. The van der Waals surface area contributed by atoms with Gasteiger partial charge in [0, 0.05) is 0 Å². The lowest BCUT2D eigenvalue weighted by molar-refractivity contribution is -0.145. The van der Waals surface area contributed by atoms with E-state index in [4.69, 9.17) is 9.47 Å². The number of carbonyl (C=O) groups excluding carboxylic acids is 1. The normalized spacial score (nSPS) is 30.1. The molecule has 2 rings (SSSR count). The molecule has 1 aliphatic carbocycles. The van der Waals surface area contributed by atoms with Crippen molar-refractivity contribution in [1.29, 1.82) is 0 Å². The number of epoxide rings is 1. The molecule has 0 spiro atoms. The Morgan fingerprint density at radius 1 is 1.31 bits per heavy atom. The SMILES string of the molecule is CCCCOC(=O)C1OC1C1CCCCC1. The van der Waals surface area contributed by atoms with Gasteiger partial charge in [0.05, 0.1) is 12.7 Å². The fraction of sp³-hybridized carbons (Fsp3) is 0.923. The Hall–Kier alpha value is -0.570. The van der Waals surface area contributed by atoms with Gasteiger partial charge in [0.15, 0.2) is 6.10 Å². The molecule has 2 atom stereocenters. The van der Waals surface area contributed by atoms with Crippen LogP contribution in [0.2, 0.25) is 0 Å². The third-order valence-electron chi connectivity index (χ3n) is 3.61. The summed E-state index contributed by atoms with van der Waals surface area (Å²) in [4.78, 5) is 11.6. The van der Waals surface area contributed by atoms with Crippen LogP contribution in [0.3, 0.4) is 0 Å². The van der Waals surface area contributed by atoms with E-state index in [1.54, 1.807) is 0 Å². The van der Waals surface area contributed by atoms with Crippen LogP contribution in [0.4, 0.5) is 0 Å². The first-order valence-corrected chi connectivity index (χ1v) is 6.65. The second-order valence-corrected chi connectivity index (χ2v) is 4.94. The Bertz CT molecular complexity index is 233. The molecular formula is C13H22O3. The Labute approximate surface area is 97.5 Å². The third kappa shape index (κ3) is 2.97. The van der Waals surface area contributed by atoms with Crippen molar-refractivity contribution < 1.29 is 14.3 Å². The molecule has 1 saturated carbocycles. The van der Waals surface area contributed by atoms with Gasteiger partial charge in [-0.2, -0.15) is 0 Å². The fourth-order valence-corrected chi connectivity index (χ4v) is 2.53. The lowest BCUT2D eigenvalue weighted by Gasteiger charge is -2.19. The smallest absolute Gasteiger partial charge is 0.338 e. The summed E-state index contributed by atoms with van der Waals surface area (Å²) in [6, 6.07) is 0. The van der Waals surface area contributed by atoms with Crippen LogP contribution in [-0.4, -0.2) is 24.8 Å². The largest absolute Gasteiger partial charge is 0.464 e. The average Bonchev–Trinajstić information content (AvgIpc) is 3.10. The highest BCUT2D eigenvalue weighted by atomic mass is 16.6. The minimum absolute atomic E-state index is 0.135. The van der Waals surface area contributed by atoms with Crippen molar-refractivity contribution in [2.24, 2.45) is 5.92 Å². The highest BCUT2D eigenvalue weighted by Crippen LogP contribution is 2.38. The first kappa shape index (κ1) is 11.9. The zero-order valence-electron chi connectivity index (χ0n) is 10.1. The second kappa shape index (κ2) is 5.67. The topological polar surface area (TPSA) is 38.8 Å². The summed E-state index contributed by atoms with van der Waals surface area (Å²) in [6.45, 7) is 2.64. The Balaban J connectivity index is 1.67. The number of esters is 1. The van der Waals surface area contributed by atoms with Crippen molar-refractivity contribution in [3.05, 3.63) is 0 Å². The van der Waals surface area contributed by atoms with Crippen molar-refractivity contribution in [2.45, 2.75) is 64.1 Å². The van der Waals surface area contributed by atoms with Crippen molar-refractivity contribution in [1.82, 2.24) is 0 Å².